The van der Waals surface area contributed by atoms with Gasteiger partial charge in [0.2, 0.25) is 0 Å². The van der Waals surface area contributed by atoms with Crippen LogP contribution in [0.15, 0.2) is 60.7 Å². The molecule has 152 valence electrons. The fraction of sp³-hybridized carbons (Fsp3) is 0.190. The third-order valence-corrected chi connectivity index (χ3v) is 4.02. The number of hydrogen-bond donors (Lipinski definition) is 4. The summed E-state index contributed by atoms with van der Waals surface area (Å²) < 4.78 is 0. The van der Waals surface area contributed by atoms with Gasteiger partial charge in [-0.1, -0.05) is 42.5 Å². The minimum absolute atomic E-state index is 0.0763. The SMILES string of the molecule is O=C(C=Cc1ccc(CN(CCCO)C(=O)NC(=O)c2ccccc2)cc1)NO. The van der Waals surface area contributed by atoms with Gasteiger partial charge in [-0.15, -0.1) is 0 Å². The van der Waals surface area contributed by atoms with Gasteiger partial charge in [0.15, 0.2) is 0 Å². The number of hydroxylamine groups is 1. The lowest BCUT2D eigenvalue weighted by atomic mass is 10.1. The molecule has 0 spiro atoms. The summed E-state index contributed by atoms with van der Waals surface area (Å²) >= 11 is 0. The van der Waals surface area contributed by atoms with Gasteiger partial charge in [-0.2, -0.15) is 0 Å². The Morgan fingerprint density at radius 2 is 1.69 bits per heavy atom. The van der Waals surface area contributed by atoms with E-state index in [0.29, 0.717) is 12.0 Å². The molecule has 4 amide bonds. The molecule has 2 aromatic carbocycles. The van der Waals surface area contributed by atoms with Crippen molar-refractivity contribution in [2.75, 3.05) is 13.2 Å². The summed E-state index contributed by atoms with van der Waals surface area (Å²) in [5.74, 6) is -1.13. The highest BCUT2D eigenvalue weighted by atomic mass is 16.5. The maximum absolute atomic E-state index is 12.5. The minimum atomic E-state index is -0.635. The van der Waals surface area contributed by atoms with E-state index in [1.807, 2.05) is 0 Å². The van der Waals surface area contributed by atoms with Crippen LogP contribution in [0.3, 0.4) is 0 Å². The molecule has 0 fully saturated rings. The molecular formula is C21H23N3O5. The van der Waals surface area contributed by atoms with Crippen molar-refractivity contribution < 1.29 is 24.7 Å². The first kappa shape index (κ1) is 21.8. The summed E-state index contributed by atoms with van der Waals surface area (Å²) in [7, 11) is 0. The average Bonchev–Trinajstić information content (AvgIpc) is 2.76. The quantitative estimate of drug-likeness (QED) is 0.308. The van der Waals surface area contributed by atoms with Crippen LogP contribution in [-0.4, -0.2) is 46.2 Å². The van der Waals surface area contributed by atoms with Crippen molar-refractivity contribution in [3.8, 4) is 0 Å². The summed E-state index contributed by atoms with van der Waals surface area (Å²) in [6.45, 7) is 0.449. The first-order valence-corrected chi connectivity index (χ1v) is 9.00. The lowest BCUT2D eigenvalue weighted by Crippen LogP contribution is -2.43. The molecule has 0 bridgehead atoms. The summed E-state index contributed by atoms with van der Waals surface area (Å²) in [5, 5.41) is 19.9. The van der Waals surface area contributed by atoms with Crippen LogP contribution in [0.5, 0.6) is 0 Å². The van der Waals surface area contributed by atoms with Crippen molar-refractivity contribution in [3.63, 3.8) is 0 Å². The van der Waals surface area contributed by atoms with Crippen molar-refractivity contribution >= 4 is 23.9 Å². The van der Waals surface area contributed by atoms with E-state index in [0.717, 1.165) is 11.1 Å². The normalized spacial score (nSPS) is 10.6. The maximum Gasteiger partial charge on any atom is 0.324 e. The number of amides is 4. The average molecular weight is 397 g/mol. The molecule has 0 aliphatic carbocycles. The predicted octanol–water partition coefficient (Wildman–Crippen LogP) is 1.94. The second-order valence-electron chi connectivity index (χ2n) is 6.17. The molecule has 0 aliphatic rings. The van der Waals surface area contributed by atoms with E-state index in [-0.39, 0.29) is 19.7 Å². The van der Waals surface area contributed by atoms with Crippen molar-refractivity contribution in [2.45, 2.75) is 13.0 Å². The van der Waals surface area contributed by atoms with Crippen LogP contribution in [-0.2, 0) is 11.3 Å². The van der Waals surface area contributed by atoms with Gasteiger partial charge < -0.3 is 10.0 Å². The molecule has 0 aliphatic heterocycles. The second-order valence-corrected chi connectivity index (χ2v) is 6.17. The topological polar surface area (TPSA) is 119 Å². The Bertz CT molecular complexity index is 850. The van der Waals surface area contributed by atoms with Gasteiger partial charge in [-0.25, -0.2) is 10.3 Å². The minimum Gasteiger partial charge on any atom is -0.396 e. The molecule has 0 atom stereocenters. The van der Waals surface area contributed by atoms with Crippen molar-refractivity contribution in [1.82, 2.24) is 15.7 Å². The number of aliphatic hydroxyl groups excluding tert-OH is 1. The van der Waals surface area contributed by atoms with Crippen molar-refractivity contribution in [1.29, 1.82) is 0 Å². The Kier molecular flexibility index (Phi) is 8.55. The van der Waals surface area contributed by atoms with Crippen LogP contribution < -0.4 is 10.8 Å². The second kappa shape index (κ2) is 11.4. The monoisotopic (exact) mass is 397 g/mol. The van der Waals surface area contributed by atoms with Crippen LogP contribution in [0.2, 0.25) is 0 Å². The molecule has 2 rings (SSSR count). The highest BCUT2D eigenvalue weighted by molar-refractivity contribution is 6.04. The molecule has 0 saturated carbocycles. The number of rotatable bonds is 8. The fourth-order valence-corrected chi connectivity index (χ4v) is 2.52. The van der Waals surface area contributed by atoms with E-state index in [1.54, 1.807) is 54.6 Å². The zero-order valence-electron chi connectivity index (χ0n) is 15.7. The van der Waals surface area contributed by atoms with Gasteiger partial charge in [0, 0.05) is 31.3 Å². The number of carbonyl (C=O) groups excluding carboxylic acids is 3. The highest BCUT2D eigenvalue weighted by Crippen LogP contribution is 2.10. The third kappa shape index (κ3) is 7.21. The van der Waals surface area contributed by atoms with Gasteiger partial charge in [0.05, 0.1) is 0 Å². The number of urea groups is 1. The largest absolute Gasteiger partial charge is 0.396 e. The number of imide groups is 1. The molecular weight excluding hydrogens is 374 g/mol. The van der Waals surface area contributed by atoms with Gasteiger partial charge in [-0.05, 0) is 35.8 Å². The number of nitrogens with zero attached hydrogens (tertiary/aromatic N) is 1. The predicted molar refractivity (Wildman–Crippen MR) is 107 cm³/mol. The number of carbonyl (C=O) groups is 3. The zero-order chi connectivity index (χ0) is 21.1. The number of aliphatic hydroxyl groups is 1. The van der Waals surface area contributed by atoms with Crippen molar-refractivity contribution in [3.05, 3.63) is 77.4 Å². The van der Waals surface area contributed by atoms with Crippen LogP contribution >= 0.6 is 0 Å². The summed E-state index contributed by atoms with van der Waals surface area (Å²) in [4.78, 5) is 37.2. The first-order chi connectivity index (χ1) is 14.0. The molecule has 8 nitrogen and oxygen atoms in total. The molecule has 0 heterocycles. The van der Waals surface area contributed by atoms with Crippen LogP contribution in [0.25, 0.3) is 6.08 Å². The molecule has 4 N–H and O–H groups in total. The molecule has 8 heteroatoms. The van der Waals surface area contributed by atoms with Gasteiger partial charge in [-0.3, -0.25) is 20.1 Å². The van der Waals surface area contributed by atoms with E-state index in [2.05, 4.69) is 5.32 Å². The summed E-state index contributed by atoms with van der Waals surface area (Å²) in [6.07, 6.45) is 3.10. The summed E-state index contributed by atoms with van der Waals surface area (Å²) in [5.41, 5.74) is 3.44. The summed E-state index contributed by atoms with van der Waals surface area (Å²) in [6, 6.07) is 15.0. The molecule has 0 aromatic heterocycles. The molecule has 0 saturated heterocycles. The third-order valence-electron chi connectivity index (χ3n) is 4.02. The van der Waals surface area contributed by atoms with Gasteiger partial charge in [0.1, 0.15) is 0 Å². The number of nitrogens with one attached hydrogen (secondary N) is 2. The Hall–Kier alpha value is -3.49. The van der Waals surface area contributed by atoms with Gasteiger partial charge >= 0.3 is 6.03 Å². The zero-order valence-corrected chi connectivity index (χ0v) is 15.7. The number of benzene rings is 2. The van der Waals surface area contributed by atoms with Crippen LogP contribution in [0.1, 0.15) is 27.9 Å². The van der Waals surface area contributed by atoms with Crippen LogP contribution in [0, 0.1) is 0 Å². The number of hydrogen-bond acceptors (Lipinski definition) is 5. The molecule has 0 unspecified atom stereocenters. The van der Waals surface area contributed by atoms with Crippen molar-refractivity contribution in [2.24, 2.45) is 0 Å². The van der Waals surface area contributed by atoms with E-state index in [1.165, 1.54) is 22.5 Å². The Morgan fingerprint density at radius 3 is 2.31 bits per heavy atom. The standard InChI is InChI=1S/C21H23N3O5/c25-14-4-13-24(21(28)22-20(27)18-5-2-1-3-6-18)15-17-9-7-16(8-10-17)11-12-19(26)23-29/h1-3,5-12,25,29H,4,13-15H2,(H,23,26)(H,22,27,28). The van der Waals surface area contributed by atoms with E-state index >= 15 is 0 Å². The molecule has 0 radical (unpaired) electrons. The van der Waals surface area contributed by atoms with E-state index in [9.17, 15) is 14.4 Å². The molecule has 2 aromatic rings. The van der Waals surface area contributed by atoms with E-state index < -0.39 is 17.8 Å². The molecule has 29 heavy (non-hydrogen) atoms. The lowest BCUT2D eigenvalue weighted by molar-refractivity contribution is -0.124. The Morgan fingerprint density at radius 1 is 1.00 bits per heavy atom. The van der Waals surface area contributed by atoms with E-state index in [4.69, 9.17) is 10.3 Å². The fourth-order valence-electron chi connectivity index (χ4n) is 2.52. The first-order valence-electron chi connectivity index (χ1n) is 9.00. The smallest absolute Gasteiger partial charge is 0.324 e. The lowest BCUT2D eigenvalue weighted by Gasteiger charge is -2.22. The Labute approximate surface area is 168 Å². The van der Waals surface area contributed by atoms with Gasteiger partial charge in [0.25, 0.3) is 11.8 Å². The highest BCUT2D eigenvalue weighted by Gasteiger charge is 2.17. The van der Waals surface area contributed by atoms with Crippen LogP contribution in [0.4, 0.5) is 4.79 Å². The Balaban J connectivity index is 2.03. The maximum atomic E-state index is 12.5.